The van der Waals surface area contributed by atoms with Gasteiger partial charge in [-0.25, -0.2) is 17.8 Å². The van der Waals surface area contributed by atoms with E-state index in [1.54, 1.807) is 5.01 Å². The summed E-state index contributed by atoms with van der Waals surface area (Å²) in [7, 11) is -3.18. The molecule has 20 heavy (non-hydrogen) atoms. The molecule has 0 unspecified atom stereocenters. The summed E-state index contributed by atoms with van der Waals surface area (Å²) >= 11 is 0. The molecule has 1 fully saturated rings. The predicted molar refractivity (Wildman–Crippen MR) is 71.9 cm³/mol. The Morgan fingerprint density at radius 3 is 2.20 bits per heavy atom. The Labute approximate surface area is 117 Å². The molecule has 0 atom stereocenters. The van der Waals surface area contributed by atoms with Gasteiger partial charge in [0.1, 0.15) is 5.82 Å². The second-order valence-electron chi connectivity index (χ2n) is 4.60. The molecule has 0 saturated carbocycles. The zero-order chi connectivity index (χ0) is 14.8. The van der Waals surface area contributed by atoms with Crippen molar-refractivity contribution in [2.45, 2.75) is 0 Å². The molecule has 1 aliphatic heterocycles. The molecular weight excluding hydrogens is 285 g/mol. The Balaban J connectivity index is 1.89. The smallest absolute Gasteiger partial charge is 0.265 e. The number of benzene rings is 1. The minimum absolute atomic E-state index is 0.335. The summed E-state index contributed by atoms with van der Waals surface area (Å²) in [5, 5.41) is 1.66. The van der Waals surface area contributed by atoms with Gasteiger partial charge in [-0.05, 0) is 24.3 Å². The average molecular weight is 301 g/mol. The van der Waals surface area contributed by atoms with Crippen LogP contribution in [-0.2, 0) is 10.0 Å². The lowest BCUT2D eigenvalue weighted by molar-refractivity contribution is 0.0717. The van der Waals surface area contributed by atoms with Crippen LogP contribution >= 0.6 is 0 Å². The van der Waals surface area contributed by atoms with E-state index in [0.29, 0.717) is 31.7 Å². The Hall–Kier alpha value is -1.51. The van der Waals surface area contributed by atoms with Crippen molar-refractivity contribution in [2.24, 2.45) is 0 Å². The number of nitrogens with zero attached hydrogens (tertiary/aromatic N) is 2. The first-order chi connectivity index (χ1) is 9.36. The fourth-order valence-electron chi connectivity index (χ4n) is 1.94. The van der Waals surface area contributed by atoms with E-state index in [4.69, 9.17) is 0 Å². The molecule has 1 heterocycles. The van der Waals surface area contributed by atoms with Gasteiger partial charge >= 0.3 is 0 Å². The van der Waals surface area contributed by atoms with Crippen molar-refractivity contribution < 1.29 is 17.6 Å². The monoisotopic (exact) mass is 301 g/mol. The third-order valence-electron chi connectivity index (χ3n) is 3.07. The van der Waals surface area contributed by atoms with E-state index in [0.717, 1.165) is 0 Å². The Morgan fingerprint density at radius 2 is 1.70 bits per heavy atom. The first-order valence-corrected chi connectivity index (χ1v) is 7.98. The summed E-state index contributed by atoms with van der Waals surface area (Å²) in [6.07, 6.45) is 1.17. The molecule has 1 aromatic carbocycles. The first kappa shape index (κ1) is 14.9. The number of carbonyl (C=O) groups is 1. The normalized spacial score (nSPS) is 17.9. The van der Waals surface area contributed by atoms with Crippen LogP contribution in [-0.4, -0.2) is 56.1 Å². The fraction of sp³-hybridized carbons (Fsp3) is 0.417. The number of nitrogens with one attached hydrogen (secondary N) is 1. The average Bonchev–Trinajstić information content (AvgIpc) is 2.39. The maximum atomic E-state index is 12.8. The molecule has 110 valence electrons. The molecular formula is C12H16FN3O3S. The van der Waals surface area contributed by atoms with E-state index in [1.165, 1.54) is 34.8 Å². The van der Waals surface area contributed by atoms with Crippen LogP contribution in [0.5, 0.6) is 0 Å². The van der Waals surface area contributed by atoms with Gasteiger partial charge in [0.15, 0.2) is 0 Å². The van der Waals surface area contributed by atoms with Crippen molar-refractivity contribution in [3.05, 3.63) is 35.6 Å². The van der Waals surface area contributed by atoms with Crippen LogP contribution in [0, 0.1) is 5.82 Å². The summed E-state index contributed by atoms with van der Waals surface area (Å²) in [6, 6.07) is 5.24. The maximum absolute atomic E-state index is 12.8. The van der Waals surface area contributed by atoms with Gasteiger partial charge in [-0.3, -0.25) is 10.2 Å². The van der Waals surface area contributed by atoms with Crippen LogP contribution in [0.4, 0.5) is 4.39 Å². The highest BCUT2D eigenvalue weighted by Crippen LogP contribution is 2.06. The van der Waals surface area contributed by atoms with Crippen LogP contribution in [0.1, 0.15) is 10.4 Å². The lowest BCUT2D eigenvalue weighted by Crippen LogP contribution is -2.54. The van der Waals surface area contributed by atoms with Gasteiger partial charge in [-0.1, -0.05) is 0 Å². The van der Waals surface area contributed by atoms with E-state index in [-0.39, 0.29) is 5.91 Å². The quantitative estimate of drug-likeness (QED) is 0.856. The largest absolute Gasteiger partial charge is 0.285 e. The van der Waals surface area contributed by atoms with Gasteiger partial charge in [-0.15, -0.1) is 0 Å². The molecule has 0 bridgehead atoms. The summed E-state index contributed by atoms with van der Waals surface area (Å²) in [6.45, 7) is 1.51. The summed E-state index contributed by atoms with van der Waals surface area (Å²) in [5.74, 6) is -0.735. The van der Waals surface area contributed by atoms with Gasteiger partial charge in [0.2, 0.25) is 10.0 Å². The Kier molecular flexibility index (Phi) is 4.36. The van der Waals surface area contributed by atoms with E-state index >= 15 is 0 Å². The van der Waals surface area contributed by atoms with Crippen LogP contribution < -0.4 is 5.43 Å². The molecule has 1 amide bonds. The minimum Gasteiger partial charge on any atom is -0.285 e. The molecule has 1 saturated heterocycles. The molecule has 2 rings (SSSR count). The van der Waals surface area contributed by atoms with Crippen LogP contribution in [0.25, 0.3) is 0 Å². The molecule has 0 aromatic heterocycles. The maximum Gasteiger partial charge on any atom is 0.265 e. The van der Waals surface area contributed by atoms with Crippen LogP contribution in [0.3, 0.4) is 0 Å². The van der Waals surface area contributed by atoms with Crippen LogP contribution in [0.2, 0.25) is 0 Å². The summed E-state index contributed by atoms with van der Waals surface area (Å²) in [5.41, 5.74) is 3.04. The predicted octanol–water partition coefficient (Wildman–Crippen LogP) is 0.0477. The molecule has 0 spiro atoms. The topological polar surface area (TPSA) is 69.7 Å². The van der Waals surface area contributed by atoms with Gasteiger partial charge in [-0.2, -0.15) is 4.31 Å². The molecule has 1 aromatic rings. The standard InChI is InChI=1S/C12H16FN3O3S/c1-20(18,19)16-8-6-15(7-9-16)14-12(17)10-2-4-11(13)5-3-10/h2-5H,6-9H2,1H3,(H,14,17). The lowest BCUT2D eigenvalue weighted by atomic mass is 10.2. The number of amides is 1. The minimum atomic E-state index is -3.18. The summed E-state index contributed by atoms with van der Waals surface area (Å²) in [4.78, 5) is 11.9. The number of hydrogen-bond acceptors (Lipinski definition) is 4. The Bertz CT molecular complexity index is 580. The zero-order valence-electron chi connectivity index (χ0n) is 11.0. The highest BCUT2D eigenvalue weighted by molar-refractivity contribution is 7.88. The Morgan fingerprint density at radius 1 is 1.15 bits per heavy atom. The molecule has 8 heteroatoms. The number of sulfonamides is 1. The molecule has 1 aliphatic rings. The number of halogens is 1. The number of hydrogen-bond donors (Lipinski definition) is 1. The molecule has 6 nitrogen and oxygen atoms in total. The molecule has 0 aliphatic carbocycles. The third kappa shape index (κ3) is 3.75. The van der Waals surface area contributed by atoms with Gasteiger partial charge < -0.3 is 0 Å². The third-order valence-corrected chi connectivity index (χ3v) is 4.38. The number of hydrazine groups is 1. The zero-order valence-corrected chi connectivity index (χ0v) is 11.9. The summed E-state index contributed by atoms with van der Waals surface area (Å²) < 4.78 is 36.8. The van der Waals surface area contributed by atoms with Gasteiger partial charge in [0.25, 0.3) is 5.91 Å². The van der Waals surface area contributed by atoms with Crippen molar-refractivity contribution in [2.75, 3.05) is 32.4 Å². The van der Waals surface area contributed by atoms with E-state index in [1.807, 2.05) is 0 Å². The highest BCUT2D eigenvalue weighted by Gasteiger charge is 2.24. The van der Waals surface area contributed by atoms with Gasteiger partial charge in [0, 0.05) is 31.7 Å². The second kappa shape index (κ2) is 5.86. The first-order valence-electron chi connectivity index (χ1n) is 6.13. The SMILES string of the molecule is CS(=O)(=O)N1CCN(NC(=O)c2ccc(F)cc2)CC1. The van der Waals surface area contributed by atoms with Crippen LogP contribution in [0.15, 0.2) is 24.3 Å². The van der Waals surface area contributed by atoms with Gasteiger partial charge in [0.05, 0.1) is 6.26 Å². The van der Waals surface area contributed by atoms with E-state index < -0.39 is 15.8 Å². The van der Waals surface area contributed by atoms with Crippen molar-refractivity contribution in [3.63, 3.8) is 0 Å². The van der Waals surface area contributed by atoms with Crippen molar-refractivity contribution in [1.29, 1.82) is 0 Å². The number of rotatable bonds is 3. The number of piperazine rings is 1. The number of carbonyl (C=O) groups excluding carboxylic acids is 1. The second-order valence-corrected chi connectivity index (χ2v) is 6.58. The molecule has 0 radical (unpaired) electrons. The van der Waals surface area contributed by atoms with Crippen molar-refractivity contribution in [3.8, 4) is 0 Å². The van der Waals surface area contributed by atoms with Crippen molar-refractivity contribution in [1.82, 2.24) is 14.7 Å². The van der Waals surface area contributed by atoms with E-state index in [9.17, 15) is 17.6 Å². The van der Waals surface area contributed by atoms with E-state index in [2.05, 4.69) is 5.43 Å². The fourth-order valence-corrected chi connectivity index (χ4v) is 2.77. The lowest BCUT2D eigenvalue weighted by Gasteiger charge is -2.33. The highest BCUT2D eigenvalue weighted by atomic mass is 32.2. The molecule has 1 N–H and O–H groups in total. The van der Waals surface area contributed by atoms with Crippen molar-refractivity contribution >= 4 is 15.9 Å².